The first-order chi connectivity index (χ1) is 11.1. The molecule has 1 saturated heterocycles. The van der Waals surface area contributed by atoms with Gasteiger partial charge in [0.2, 0.25) is 5.95 Å². The van der Waals surface area contributed by atoms with Crippen LogP contribution in [-0.4, -0.2) is 71.3 Å². The van der Waals surface area contributed by atoms with Gasteiger partial charge in [-0.1, -0.05) is 15.9 Å². The summed E-state index contributed by atoms with van der Waals surface area (Å²) in [4.78, 5) is 9.48. The first kappa shape index (κ1) is 16.5. The SMILES string of the molecule is Cc1cc(Br)cc2nnc(NCCCN3CCN(C)CC3)nc12. The predicted molar refractivity (Wildman–Crippen MR) is 96.8 cm³/mol. The number of likely N-dealkylation sites (N-methyl/N-ethyl adjacent to an activating group) is 1. The molecule has 0 aliphatic carbocycles. The minimum atomic E-state index is 0.612. The third-order valence-corrected chi connectivity index (χ3v) is 4.70. The van der Waals surface area contributed by atoms with Crippen molar-refractivity contribution in [3.8, 4) is 0 Å². The highest BCUT2D eigenvalue weighted by molar-refractivity contribution is 9.10. The molecule has 3 rings (SSSR count). The molecular weight excluding hydrogens is 356 g/mol. The van der Waals surface area contributed by atoms with E-state index < -0.39 is 0 Å². The van der Waals surface area contributed by atoms with Crippen LogP contribution < -0.4 is 5.32 Å². The molecule has 1 aliphatic heterocycles. The number of aromatic nitrogens is 3. The molecule has 1 fully saturated rings. The minimum Gasteiger partial charge on any atom is -0.353 e. The molecule has 0 bridgehead atoms. The molecule has 1 N–H and O–H groups in total. The van der Waals surface area contributed by atoms with Crippen LogP contribution in [-0.2, 0) is 0 Å². The Labute approximate surface area is 145 Å². The van der Waals surface area contributed by atoms with E-state index in [9.17, 15) is 0 Å². The van der Waals surface area contributed by atoms with Gasteiger partial charge in [0.25, 0.3) is 0 Å². The fourth-order valence-corrected chi connectivity index (χ4v) is 3.38. The summed E-state index contributed by atoms with van der Waals surface area (Å²) in [6.07, 6.45) is 1.09. The lowest BCUT2D eigenvalue weighted by molar-refractivity contribution is 0.154. The van der Waals surface area contributed by atoms with Crippen LogP contribution in [0.25, 0.3) is 11.0 Å². The van der Waals surface area contributed by atoms with Gasteiger partial charge >= 0.3 is 0 Å². The summed E-state index contributed by atoms with van der Waals surface area (Å²) in [7, 11) is 2.18. The summed E-state index contributed by atoms with van der Waals surface area (Å²) >= 11 is 3.48. The van der Waals surface area contributed by atoms with Crippen LogP contribution in [0.3, 0.4) is 0 Å². The van der Waals surface area contributed by atoms with Crippen molar-refractivity contribution in [3.05, 3.63) is 22.2 Å². The highest BCUT2D eigenvalue weighted by Gasteiger charge is 2.12. The van der Waals surface area contributed by atoms with E-state index in [4.69, 9.17) is 0 Å². The first-order valence-corrected chi connectivity index (χ1v) is 8.86. The topological polar surface area (TPSA) is 57.2 Å². The van der Waals surface area contributed by atoms with Crippen LogP contribution in [0, 0.1) is 6.92 Å². The van der Waals surface area contributed by atoms with E-state index >= 15 is 0 Å². The van der Waals surface area contributed by atoms with Gasteiger partial charge in [0.05, 0.1) is 5.52 Å². The zero-order valence-electron chi connectivity index (χ0n) is 13.7. The smallest absolute Gasteiger partial charge is 0.243 e. The van der Waals surface area contributed by atoms with Crippen molar-refractivity contribution in [1.82, 2.24) is 25.0 Å². The van der Waals surface area contributed by atoms with Crippen molar-refractivity contribution in [2.45, 2.75) is 13.3 Å². The molecule has 124 valence electrons. The first-order valence-electron chi connectivity index (χ1n) is 8.07. The Hall–Kier alpha value is -1.31. The van der Waals surface area contributed by atoms with Crippen LogP contribution in [0.5, 0.6) is 0 Å². The fourth-order valence-electron chi connectivity index (χ4n) is 2.82. The molecule has 1 aliphatic rings. The molecule has 2 aromatic rings. The van der Waals surface area contributed by atoms with E-state index in [1.54, 1.807) is 0 Å². The highest BCUT2D eigenvalue weighted by Crippen LogP contribution is 2.21. The molecule has 23 heavy (non-hydrogen) atoms. The van der Waals surface area contributed by atoms with Crippen LogP contribution >= 0.6 is 15.9 Å². The molecule has 2 heterocycles. The molecule has 0 saturated carbocycles. The number of benzene rings is 1. The van der Waals surface area contributed by atoms with Crippen LogP contribution in [0.1, 0.15) is 12.0 Å². The molecule has 0 spiro atoms. The number of fused-ring (bicyclic) bond motifs is 1. The van der Waals surface area contributed by atoms with E-state index in [2.05, 4.69) is 53.3 Å². The maximum absolute atomic E-state index is 4.58. The van der Waals surface area contributed by atoms with Gasteiger partial charge in [0, 0.05) is 37.2 Å². The monoisotopic (exact) mass is 378 g/mol. The second-order valence-electron chi connectivity index (χ2n) is 6.15. The Morgan fingerprint density at radius 3 is 2.74 bits per heavy atom. The van der Waals surface area contributed by atoms with E-state index in [1.807, 2.05) is 19.1 Å². The van der Waals surface area contributed by atoms with E-state index in [1.165, 1.54) is 26.2 Å². The number of nitrogens with zero attached hydrogens (tertiary/aromatic N) is 5. The molecule has 1 aromatic heterocycles. The largest absolute Gasteiger partial charge is 0.353 e. The van der Waals surface area contributed by atoms with Gasteiger partial charge in [0.15, 0.2) is 0 Å². The second-order valence-corrected chi connectivity index (χ2v) is 7.07. The number of halogens is 1. The molecule has 0 unspecified atom stereocenters. The molecule has 0 atom stereocenters. The molecular formula is C16H23BrN6. The number of hydrogen-bond acceptors (Lipinski definition) is 6. The lowest BCUT2D eigenvalue weighted by Crippen LogP contribution is -2.44. The lowest BCUT2D eigenvalue weighted by Gasteiger charge is -2.32. The van der Waals surface area contributed by atoms with Crippen molar-refractivity contribution in [2.75, 3.05) is 51.6 Å². The molecule has 0 amide bonds. The van der Waals surface area contributed by atoms with Gasteiger partial charge in [-0.15, -0.1) is 10.2 Å². The summed E-state index contributed by atoms with van der Waals surface area (Å²) in [5.41, 5.74) is 2.83. The van der Waals surface area contributed by atoms with Crippen molar-refractivity contribution in [1.29, 1.82) is 0 Å². The van der Waals surface area contributed by atoms with E-state index in [0.29, 0.717) is 5.95 Å². The van der Waals surface area contributed by atoms with Crippen LogP contribution in [0.2, 0.25) is 0 Å². The molecule has 6 nitrogen and oxygen atoms in total. The number of piperazine rings is 1. The third-order valence-electron chi connectivity index (χ3n) is 4.25. The number of hydrogen-bond donors (Lipinski definition) is 1. The summed E-state index contributed by atoms with van der Waals surface area (Å²) in [5.74, 6) is 0.612. The number of aryl methyl sites for hydroxylation is 1. The standard InChI is InChI=1S/C16H23BrN6/c1-12-10-13(17)11-14-15(12)19-16(21-20-14)18-4-3-5-23-8-6-22(2)7-9-23/h10-11H,3-9H2,1-2H3,(H,18,19,21). The fraction of sp³-hybridized carbons (Fsp3) is 0.562. The normalized spacial score (nSPS) is 16.8. The summed E-state index contributed by atoms with van der Waals surface area (Å²) < 4.78 is 1.01. The zero-order chi connectivity index (χ0) is 16.2. The highest BCUT2D eigenvalue weighted by atomic mass is 79.9. The second kappa shape index (κ2) is 7.51. The quantitative estimate of drug-likeness (QED) is 0.804. The third kappa shape index (κ3) is 4.37. The van der Waals surface area contributed by atoms with Crippen LogP contribution in [0.15, 0.2) is 16.6 Å². The Bertz CT molecular complexity index is 669. The predicted octanol–water partition coefficient (Wildman–Crippen LogP) is 2.15. The van der Waals surface area contributed by atoms with E-state index in [0.717, 1.165) is 40.6 Å². The lowest BCUT2D eigenvalue weighted by atomic mass is 10.2. The minimum absolute atomic E-state index is 0.612. The Balaban J connectivity index is 1.51. The van der Waals surface area contributed by atoms with E-state index in [-0.39, 0.29) is 0 Å². The van der Waals surface area contributed by atoms with Crippen molar-refractivity contribution < 1.29 is 0 Å². The summed E-state index contributed by atoms with van der Waals surface area (Å²) in [6.45, 7) is 8.69. The molecule has 0 radical (unpaired) electrons. The number of rotatable bonds is 5. The zero-order valence-corrected chi connectivity index (χ0v) is 15.3. The van der Waals surface area contributed by atoms with Crippen molar-refractivity contribution in [3.63, 3.8) is 0 Å². The number of anilines is 1. The molecule has 1 aromatic carbocycles. The Morgan fingerprint density at radius 1 is 1.17 bits per heavy atom. The average molecular weight is 379 g/mol. The summed E-state index contributed by atoms with van der Waals surface area (Å²) in [5, 5.41) is 11.7. The average Bonchev–Trinajstić information content (AvgIpc) is 2.53. The Morgan fingerprint density at radius 2 is 1.96 bits per heavy atom. The number of nitrogens with one attached hydrogen (secondary N) is 1. The van der Waals surface area contributed by atoms with Gasteiger partial charge in [-0.25, -0.2) is 4.98 Å². The van der Waals surface area contributed by atoms with Crippen LogP contribution in [0.4, 0.5) is 5.95 Å². The summed E-state index contributed by atoms with van der Waals surface area (Å²) in [6, 6.07) is 3.99. The Kier molecular flexibility index (Phi) is 5.40. The molecule has 7 heteroatoms. The van der Waals surface area contributed by atoms with Crippen molar-refractivity contribution >= 4 is 32.9 Å². The van der Waals surface area contributed by atoms with Gasteiger partial charge in [-0.2, -0.15) is 0 Å². The maximum atomic E-state index is 4.58. The van der Waals surface area contributed by atoms with Gasteiger partial charge < -0.3 is 15.1 Å². The van der Waals surface area contributed by atoms with Gasteiger partial charge in [0.1, 0.15) is 5.52 Å². The maximum Gasteiger partial charge on any atom is 0.243 e. The van der Waals surface area contributed by atoms with Gasteiger partial charge in [-0.05, 0) is 44.6 Å². The van der Waals surface area contributed by atoms with Gasteiger partial charge in [-0.3, -0.25) is 0 Å². The van der Waals surface area contributed by atoms with Crippen molar-refractivity contribution in [2.24, 2.45) is 0 Å².